The van der Waals surface area contributed by atoms with Crippen molar-refractivity contribution in [2.45, 2.75) is 19.8 Å². The maximum Gasteiger partial charge on any atom is 1.00 e. The zero-order valence-corrected chi connectivity index (χ0v) is 8.59. The van der Waals surface area contributed by atoms with Crippen molar-refractivity contribution in [2.24, 2.45) is 0 Å². The van der Waals surface area contributed by atoms with E-state index in [0.29, 0.717) is 6.42 Å². The molecular formula is C6H13NaO3. The predicted molar refractivity (Wildman–Crippen MR) is 34.1 cm³/mol. The Bertz CT molecular complexity index is 89.9. The molecule has 10 heavy (non-hydrogen) atoms. The van der Waals surface area contributed by atoms with Crippen LogP contribution in [0.4, 0.5) is 0 Å². The first-order chi connectivity index (χ1) is 4.31. The van der Waals surface area contributed by atoms with Gasteiger partial charge >= 0.3 is 35.5 Å². The number of hydrogen-bond donors (Lipinski definition) is 1. The Kier molecular flexibility index (Phi) is 12.3. The van der Waals surface area contributed by atoms with Crippen molar-refractivity contribution in [1.29, 1.82) is 0 Å². The molecule has 0 radical (unpaired) electrons. The molecule has 0 unspecified atom stereocenters. The van der Waals surface area contributed by atoms with Crippen molar-refractivity contribution in [3.8, 4) is 0 Å². The molecule has 0 spiro atoms. The van der Waals surface area contributed by atoms with E-state index in [1.54, 1.807) is 0 Å². The number of aliphatic hydroxyl groups excluding tert-OH is 1. The van der Waals surface area contributed by atoms with Crippen LogP contribution in [0.5, 0.6) is 0 Å². The zero-order valence-electron chi connectivity index (χ0n) is 7.59. The van der Waals surface area contributed by atoms with Gasteiger partial charge in [0.2, 0.25) is 0 Å². The van der Waals surface area contributed by atoms with Crippen molar-refractivity contribution in [1.82, 2.24) is 0 Å². The van der Waals surface area contributed by atoms with Gasteiger partial charge in [0.1, 0.15) is 6.61 Å². The molecule has 0 atom stereocenters. The normalized spacial score (nSPS) is 8.20. The average molecular weight is 156 g/mol. The standard InChI is InChI=1S/C6H12O3.Na.H/c1-2-3-6(8)9-5-4-7;;/h7H,2-5H2,1H3;;/q;+1;-1. The smallest absolute Gasteiger partial charge is 1.00 e. The second kappa shape index (κ2) is 9.43. The van der Waals surface area contributed by atoms with E-state index in [1.807, 2.05) is 6.92 Å². The van der Waals surface area contributed by atoms with Crippen LogP contribution in [-0.2, 0) is 9.53 Å². The number of carbonyl (C=O) groups is 1. The molecule has 0 fully saturated rings. The van der Waals surface area contributed by atoms with Gasteiger partial charge in [0, 0.05) is 6.42 Å². The van der Waals surface area contributed by atoms with Gasteiger partial charge in [0.15, 0.2) is 0 Å². The van der Waals surface area contributed by atoms with Crippen LogP contribution in [0.1, 0.15) is 21.2 Å². The summed E-state index contributed by atoms with van der Waals surface area (Å²) in [5, 5.41) is 8.21. The largest absolute Gasteiger partial charge is 1.00 e. The fraction of sp³-hybridized carbons (Fsp3) is 0.833. The molecule has 0 saturated carbocycles. The van der Waals surface area contributed by atoms with Gasteiger partial charge in [-0.3, -0.25) is 4.79 Å². The summed E-state index contributed by atoms with van der Waals surface area (Å²) in [5.41, 5.74) is 0. The molecule has 0 bridgehead atoms. The summed E-state index contributed by atoms with van der Waals surface area (Å²) in [6, 6.07) is 0. The van der Waals surface area contributed by atoms with Crippen LogP contribution in [-0.4, -0.2) is 24.3 Å². The molecule has 4 heteroatoms. The maximum atomic E-state index is 10.5. The Balaban J connectivity index is -0.000000320. The van der Waals surface area contributed by atoms with Crippen molar-refractivity contribution in [3.63, 3.8) is 0 Å². The van der Waals surface area contributed by atoms with E-state index in [1.165, 1.54) is 0 Å². The second-order valence-electron chi connectivity index (χ2n) is 1.69. The molecule has 0 aromatic carbocycles. The fourth-order valence-corrected chi connectivity index (χ4v) is 0.436. The van der Waals surface area contributed by atoms with Crippen molar-refractivity contribution >= 4 is 5.97 Å². The minimum Gasteiger partial charge on any atom is -1.00 e. The topological polar surface area (TPSA) is 46.5 Å². The Morgan fingerprint density at radius 2 is 2.30 bits per heavy atom. The van der Waals surface area contributed by atoms with Gasteiger partial charge in [-0.15, -0.1) is 0 Å². The fourth-order valence-electron chi connectivity index (χ4n) is 0.436. The van der Waals surface area contributed by atoms with Gasteiger partial charge < -0.3 is 11.3 Å². The number of esters is 1. The molecule has 0 aromatic heterocycles. The van der Waals surface area contributed by atoms with Gasteiger partial charge in [-0.25, -0.2) is 0 Å². The van der Waals surface area contributed by atoms with Gasteiger partial charge in [-0.2, -0.15) is 0 Å². The molecule has 0 aliphatic carbocycles. The monoisotopic (exact) mass is 156 g/mol. The van der Waals surface area contributed by atoms with E-state index in [4.69, 9.17) is 5.11 Å². The van der Waals surface area contributed by atoms with Crippen LogP contribution in [0.15, 0.2) is 0 Å². The third-order valence-electron chi connectivity index (χ3n) is 0.808. The Labute approximate surface area is 84.5 Å². The minimum atomic E-state index is -0.230. The Morgan fingerprint density at radius 1 is 1.70 bits per heavy atom. The van der Waals surface area contributed by atoms with Crippen molar-refractivity contribution < 1.29 is 45.6 Å². The van der Waals surface area contributed by atoms with Crippen molar-refractivity contribution in [2.75, 3.05) is 13.2 Å². The van der Waals surface area contributed by atoms with Crippen molar-refractivity contribution in [3.05, 3.63) is 0 Å². The molecule has 1 N–H and O–H groups in total. The van der Waals surface area contributed by atoms with E-state index in [0.717, 1.165) is 6.42 Å². The number of ether oxygens (including phenoxy) is 1. The van der Waals surface area contributed by atoms with E-state index in [-0.39, 0.29) is 50.2 Å². The van der Waals surface area contributed by atoms with E-state index in [2.05, 4.69) is 4.74 Å². The Hall–Kier alpha value is 0.430. The quantitative estimate of drug-likeness (QED) is 0.360. The number of carbonyl (C=O) groups excluding carboxylic acids is 1. The third kappa shape index (κ3) is 8.43. The predicted octanol–water partition coefficient (Wildman–Crippen LogP) is -2.56. The third-order valence-corrected chi connectivity index (χ3v) is 0.808. The first kappa shape index (κ1) is 13.1. The molecular weight excluding hydrogens is 143 g/mol. The van der Waals surface area contributed by atoms with E-state index < -0.39 is 0 Å². The molecule has 0 amide bonds. The van der Waals surface area contributed by atoms with Crippen LogP contribution >= 0.6 is 0 Å². The number of hydrogen-bond acceptors (Lipinski definition) is 3. The molecule has 0 aliphatic rings. The van der Waals surface area contributed by atoms with Crippen LogP contribution < -0.4 is 29.6 Å². The molecule has 56 valence electrons. The summed E-state index contributed by atoms with van der Waals surface area (Å²) in [6.07, 6.45) is 1.24. The molecule has 0 aliphatic heterocycles. The Morgan fingerprint density at radius 3 is 2.70 bits per heavy atom. The maximum absolute atomic E-state index is 10.5. The van der Waals surface area contributed by atoms with Crippen LogP contribution in [0.2, 0.25) is 0 Å². The number of rotatable bonds is 4. The van der Waals surface area contributed by atoms with Crippen LogP contribution in [0, 0.1) is 0 Å². The van der Waals surface area contributed by atoms with Gasteiger partial charge in [-0.05, 0) is 6.42 Å². The SMILES string of the molecule is CCCC(=O)OCCO.[H-].[Na+]. The second-order valence-corrected chi connectivity index (χ2v) is 1.69. The first-order valence-corrected chi connectivity index (χ1v) is 3.07. The van der Waals surface area contributed by atoms with Gasteiger partial charge in [-0.1, -0.05) is 6.92 Å². The molecule has 0 aromatic rings. The molecule has 0 saturated heterocycles. The summed E-state index contributed by atoms with van der Waals surface area (Å²) < 4.78 is 4.54. The molecule has 0 rings (SSSR count). The average Bonchev–Trinajstić information content (AvgIpc) is 1.85. The summed E-state index contributed by atoms with van der Waals surface area (Å²) in [5.74, 6) is -0.230. The minimum absolute atomic E-state index is 0. The van der Waals surface area contributed by atoms with Gasteiger partial charge in [0.05, 0.1) is 6.61 Å². The summed E-state index contributed by atoms with van der Waals surface area (Å²) in [7, 11) is 0. The van der Waals surface area contributed by atoms with E-state index in [9.17, 15) is 4.79 Å². The van der Waals surface area contributed by atoms with Crippen LogP contribution in [0.25, 0.3) is 0 Å². The van der Waals surface area contributed by atoms with Gasteiger partial charge in [0.25, 0.3) is 0 Å². The van der Waals surface area contributed by atoms with Crippen LogP contribution in [0.3, 0.4) is 0 Å². The van der Waals surface area contributed by atoms with E-state index >= 15 is 0 Å². The molecule has 0 heterocycles. The summed E-state index contributed by atoms with van der Waals surface area (Å²) in [6.45, 7) is 1.94. The summed E-state index contributed by atoms with van der Waals surface area (Å²) >= 11 is 0. The summed E-state index contributed by atoms with van der Waals surface area (Å²) in [4.78, 5) is 10.5. The number of aliphatic hydroxyl groups is 1. The first-order valence-electron chi connectivity index (χ1n) is 3.07. The molecule has 3 nitrogen and oxygen atoms in total. The zero-order chi connectivity index (χ0) is 7.11.